The first-order chi connectivity index (χ1) is 8.75. The number of benzene rings is 1. The molecule has 1 aromatic carbocycles. The van der Waals surface area contributed by atoms with Gasteiger partial charge < -0.3 is 4.90 Å². The Morgan fingerprint density at radius 2 is 1.85 bits per heavy atom. The zero-order valence-corrected chi connectivity index (χ0v) is 13.3. The molecule has 0 unspecified atom stereocenters. The Balaban J connectivity index is 0.00000180. The van der Waals surface area contributed by atoms with Crippen molar-refractivity contribution in [2.45, 2.75) is 25.3 Å². The summed E-state index contributed by atoms with van der Waals surface area (Å²) in [5.41, 5.74) is 6.65. The minimum Gasteiger partial charge on any atom is -0.306 e. The average Bonchev–Trinajstić information content (AvgIpc) is 2.62. The SMILES string of the molecule is CN1CCC[C@@H](NNC(=O)c2ccccc2)CC1.Cl.Cl. The van der Waals surface area contributed by atoms with Crippen molar-refractivity contribution in [3.63, 3.8) is 0 Å². The van der Waals surface area contributed by atoms with Crippen LogP contribution in [0.4, 0.5) is 0 Å². The van der Waals surface area contributed by atoms with Crippen molar-refractivity contribution in [1.82, 2.24) is 15.8 Å². The van der Waals surface area contributed by atoms with Crippen molar-refractivity contribution in [3.8, 4) is 0 Å². The molecule has 1 aliphatic rings. The number of likely N-dealkylation sites (tertiary alicyclic amines) is 1. The van der Waals surface area contributed by atoms with Crippen LogP contribution in [0.2, 0.25) is 0 Å². The number of amides is 1. The maximum absolute atomic E-state index is 11.9. The van der Waals surface area contributed by atoms with Crippen LogP contribution in [0.5, 0.6) is 0 Å². The lowest BCUT2D eigenvalue weighted by molar-refractivity contribution is 0.0923. The minimum absolute atomic E-state index is 0. The zero-order valence-electron chi connectivity index (χ0n) is 11.7. The molecule has 20 heavy (non-hydrogen) atoms. The minimum atomic E-state index is -0.0619. The van der Waals surface area contributed by atoms with E-state index in [1.807, 2.05) is 30.3 Å². The Hall–Kier alpha value is -0.810. The van der Waals surface area contributed by atoms with E-state index in [1.165, 1.54) is 6.42 Å². The Bertz CT molecular complexity index is 389. The molecule has 0 radical (unpaired) electrons. The number of hydrazine groups is 1. The summed E-state index contributed by atoms with van der Waals surface area (Å²) in [7, 11) is 2.14. The quantitative estimate of drug-likeness (QED) is 0.840. The van der Waals surface area contributed by atoms with E-state index in [0.29, 0.717) is 11.6 Å². The summed E-state index contributed by atoms with van der Waals surface area (Å²) in [5, 5.41) is 0. The number of nitrogens with zero attached hydrogens (tertiary/aromatic N) is 1. The van der Waals surface area contributed by atoms with Crippen LogP contribution >= 0.6 is 24.8 Å². The summed E-state index contributed by atoms with van der Waals surface area (Å²) >= 11 is 0. The highest BCUT2D eigenvalue weighted by molar-refractivity contribution is 5.93. The summed E-state index contributed by atoms with van der Waals surface area (Å²) in [6, 6.07) is 9.66. The lowest BCUT2D eigenvalue weighted by Crippen LogP contribution is -2.44. The van der Waals surface area contributed by atoms with Gasteiger partial charge in [-0.1, -0.05) is 18.2 Å². The van der Waals surface area contributed by atoms with Crippen molar-refractivity contribution in [2.24, 2.45) is 0 Å². The standard InChI is InChI=1S/C14H21N3O.2ClH/c1-17-10-5-8-13(9-11-17)15-16-14(18)12-6-3-2-4-7-12;;/h2-4,6-7,13,15H,5,8-11H2,1H3,(H,16,18);2*1H/t13-;;/m1../s1. The molecular weight excluding hydrogens is 297 g/mol. The molecule has 1 amide bonds. The third-order valence-electron chi connectivity index (χ3n) is 3.38. The lowest BCUT2D eigenvalue weighted by Gasteiger charge is -2.17. The number of hydrogen-bond donors (Lipinski definition) is 2. The molecule has 1 aromatic rings. The van der Waals surface area contributed by atoms with Crippen LogP contribution in [0.15, 0.2) is 30.3 Å². The van der Waals surface area contributed by atoms with Gasteiger partial charge >= 0.3 is 0 Å². The number of carbonyl (C=O) groups excluding carboxylic acids is 1. The number of halogens is 2. The Morgan fingerprint density at radius 1 is 1.15 bits per heavy atom. The van der Waals surface area contributed by atoms with E-state index in [2.05, 4.69) is 22.8 Å². The number of carbonyl (C=O) groups is 1. The van der Waals surface area contributed by atoms with E-state index in [-0.39, 0.29) is 30.7 Å². The fourth-order valence-corrected chi connectivity index (χ4v) is 2.21. The van der Waals surface area contributed by atoms with Crippen molar-refractivity contribution >= 4 is 30.7 Å². The molecule has 0 aromatic heterocycles. The second kappa shape index (κ2) is 10.00. The highest BCUT2D eigenvalue weighted by atomic mass is 35.5. The van der Waals surface area contributed by atoms with E-state index in [0.717, 1.165) is 25.9 Å². The predicted octanol–water partition coefficient (Wildman–Crippen LogP) is 2.25. The van der Waals surface area contributed by atoms with Crippen molar-refractivity contribution in [2.75, 3.05) is 20.1 Å². The molecule has 1 saturated heterocycles. The zero-order chi connectivity index (χ0) is 12.8. The molecule has 1 fully saturated rings. The van der Waals surface area contributed by atoms with E-state index in [4.69, 9.17) is 0 Å². The second-order valence-electron chi connectivity index (χ2n) is 4.90. The largest absolute Gasteiger partial charge is 0.306 e. The molecule has 0 aliphatic carbocycles. The molecule has 114 valence electrons. The molecule has 1 aliphatic heterocycles. The highest BCUT2D eigenvalue weighted by Crippen LogP contribution is 2.08. The third kappa shape index (κ3) is 6.09. The molecule has 1 heterocycles. The third-order valence-corrected chi connectivity index (χ3v) is 3.38. The fourth-order valence-electron chi connectivity index (χ4n) is 2.21. The van der Waals surface area contributed by atoms with Crippen LogP contribution in [0.1, 0.15) is 29.6 Å². The van der Waals surface area contributed by atoms with Gasteiger partial charge in [-0.3, -0.25) is 10.2 Å². The normalized spacial score (nSPS) is 19.1. The number of nitrogens with one attached hydrogen (secondary N) is 2. The van der Waals surface area contributed by atoms with E-state index < -0.39 is 0 Å². The first-order valence-corrected chi connectivity index (χ1v) is 6.55. The fraction of sp³-hybridized carbons (Fsp3) is 0.500. The van der Waals surface area contributed by atoms with E-state index >= 15 is 0 Å². The van der Waals surface area contributed by atoms with Crippen LogP contribution in [-0.2, 0) is 0 Å². The first kappa shape index (κ1) is 19.2. The Morgan fingerprint density at radius 3 is 2.55 bits per heavy atom. The number of hydrogen-bond acceptors (Lipinski definition) is 3. The summed E-state index contributed by atoms with van der Waals surface area (Å²) < 4.78 is 0. The smallest absolute Gasteiger partial charge is 0.265 e. The summed E-state index contributed by atoms with van der Waals surface area (Å²) in [5.74, 6) is -0.0619. The molecule has 0 saturated carbocycles. The molecule has 1 atom stereocenters. The van der Waals surface area contributed by atoms with Crippen molar-refractivity contribution in [3.05, 3.63) is 35.9 Å². The second-order valence-corrected chi connectivity index (χ2v) is 4.90. The number of rotatable bonds is 3. The predicted molar refractivity (Wildman–Crippen MR) is 86.7 cm³/mol. The summed E-state index contributed by atoms with van der Waals surface area (Å²) in [6.07, 6.45) is 3.36. The van der Waals surface area contributed by atoms with Gasteiger partial charge in [0, 0.05) is 11.6 Å². The van der Waals surface area contributed by atoms with Gasteiger partial charge in [0.25, 0.3) is 5.91 Å². The van der Waals surface area contributed by atoms with Gasteiger partial charge in [-0.2, -0.15) is 0 Å². The van der Waals surface area contributed by atoms with Gasteiger partial charge in [-0.25, -0.2) is 5.43 Å². The van der Waals surface area contributed by atoms with Crippen LogP contribution in [-0.4, -0.2) is 37.0 Å². The Kier molecular flexibility index (Phi) is 9.59. The molecule has 6 heteroatoms. The molecule has 0 spiro atoms. The van der Waals surface area contributed by atoms with Gasteiger partial charge in [-0.15, -0.1) is 24.8 Å². The van der Waals surface area contributed by atoms with Gasteiger partial charge in [0.2, 0.25) is 0 Å². The maximum atomic E-state index is 11.9. The summed E-state index contributed by atoms with van der Waals surface area (Å²) in [4.78, 5) is 14.2. The molecule has 2 rings (SSSR count). The Labute approximate surface area is 133 Å². The summed E-state index contributed by atoms with van der Waals surface area (Å²) in [6.45, 7) is 2.23. The highest BCUT2D eigenvalue weighted by Gasteiger charge is 2.15. The average molecular weight is 320 g/mol. The van der Waals surface area contributed by atoms with Crippen LogP contribution in [0.3, 0.4) is 0 Å². The molecule has 4 nitrogen and oxygen atoms in total. The molecule has 0 bridgehead atoms. The van der Waals surface area contributed by atoms with Crippen LogP contribution in [0, 0.1) is 0 Å². The van der Waals surface area contributed by atoms with Gasteiger partial charge in [0.15, 0.2) is 0 Å². The van der Waals surface area contributed by atoms with Gasteiger partial charge in [0.1, 0.15) is 0 Å². The maximum Gasteiger partial charge on any atom is 0.265 e. The lowest BCUT2D eigenvalue weighted by atomic mass is 10.1. The van der Waals surface area contributed by atoms with Crippen molar-refractivity contribution < 1.29 is 4.79 Å². The molecular formula is C14H23Cl2N3O. The van der Waals surface area contributed by atoms with E-state index in [1.54, 1.807) is 0 Å². The van der Waals surface area contributed by atoms with Crippen LogP contribution < -0.4 is 10.9 Å². The van der Waals surface area contributed by atoms with E-state index in [9.17, 15) is 4.79 Å². The monoisotopic (exact) mass is 319 g/mol. The topological polar surface area (TPSA) is 44.4 Å². The van der Waals surface area contributed by atoms with Gasteiger partial charge in [0.05, 0.1) is 0 Å². The van der Waals surface area contributed by atoms with Gasteiger partial charge in [-0.05, 0) is 51.5 Å². The first-order valence-electron chi connectivity index (χ1n) is 6.55. The molecule has 2 N–H and O–H groups in total. The van der Waals surface area contributed by atoms with Crippen molar-refractivity contribution in [1.29, 1.82) is 0 Å². The van der Waals surface area contributed by atoms with Crippen LogP contribution in [0.25, 0.3) is 0 Å².